The summed E-state index contributed by atoms with van der Waals surface area (Å²) in [5.41, 5.74) is 6.95. The summed E-state index contributed by atoms with van der Waals surface area (Å²) in [5.74, 6) is 1.52. The number of hydrogen-bond acceptors (Lipinski definition) is 4. The minimum Gasteiger partial charge on any atom is -0.493 e. The highest BCUT2D eigenvalue weighted by Crippen LogP contribution is 2.31. The van der Waals surface area contributed by atoms with Gasteiger partial charge in [-0.25, -0.2) is 0 Å². The number of nitrogens with two attached hydrogens (primary N) is 1. The molecule has 5 heteroatoms. The fourth-order valence-corrected chi connectivity index (χ4v) is 2.07. The number of nitrogens with zero attached hydrogens (tertiary/aromatic N) is 2. The van der Waals surface area contributed by atoms with E-state index in [4.69, 9.17) is 15.2 Å². The lowest BCUT2D eigenvalue weighted by Gasteiger charge is -2.16. The average molecular weight is 275 g/mol. The van der Waals surface area contributed by atoms with Gasteiger partial charge in [0.15, 0.2) is 11.5 Å². The van der Waals surface area contributed by atoms with Crippen LogP contribution in [0.3, 0.4) is 0 Å². The standard InChI is InChI=1S/C15H21N3O2/c1-12(16)11-13-5-3-6-14(19-2)15(13)20-10-9-18-8-4-7-17-18/h3-8,12H,9-11,16H2,1-2H3. The zero-order chi connectivity index (χ0) is 14.4. The molecule has 5 nitrogen and oxygen atoms in total. The van der Waals surface area contributed by atoms with Crippen LogP contribution in [0.2, 0.25) is 0 Å². The number of aromatic nitrogens is 2. The van der Waals surface area contributed by atoms with Crippen LogP contribution >= 0.6 is 0 Å². The van der Waals surface area contributed by atoms with Gasteiger partial charge in [0.05, 0.1) is 13.7 Å². The Labute approximate surface area is 119 Å². The second-order valence-corrected chi connectivity index (χ2v) is 4.75. The summed E-state index contributed by atoms with van der Waals surface area (Å²) in [7, 11) is 1.64. The Bertz CT molecular complexity index is 524. The zero-order valence-electron chi connectivity index (χ0n) is 12.0. The molecule has 0 amide bonds. The van der Waals surface area contributed by atoms with Gasteiger partial charge in [0, 0.05) is 18.4 Å². The molecule has 2 N–H and O–H groups in total. The Hall–Kier alpha value is -2.01. The summed E-state index contributed by atoms with van der Waals surface area (Å²) in [6.07, 6.45) is 4.42. The maximum atomic E-state index is 5.89. The van der Waals surface area contributed by atoms with E-state index in [1.807, 2.05) is 42.1 Å². The molecule has 0 bridgehead atoms. The minimum absolute atomic E-state index is 0.0792. The van der Waals surface area contributed by atoms with Crippen molar-refractivity contribution in [1.29, 1.82) is 0 Å². The summed E-state index contributed by atoms with van der Waals surface area (Å²) in [5, 5.41) is 4.15. The van der Waals surface area contributed by atoms with E-state index < -0.39 is 0 Å². The van der Waals surface area contributed by atoms with E-state index in [0.717, 1.165) is 23.5 Å². The maximum Gasteiger partial charge on any atom is 0.164 e. The van der Waals surface area contributed by atoms with Crippen molar-refractivity contribution in [2.45, 2.75) is 25.9 Å². The lowest BCUT2D eigenvalue weighted by atomic mass is 10.1. The van der Waals surface area contributed by atoms with Crippen molar-refractivity contribution < 1.29 is 9.47 Å². The van der Waals surface area contributed by atoms with Crippen molar-refractivity contribution in [2.75, 3.05) is 13.7 Å². The molecule has 1 aromatic carbocycles. The van der Waals surface area contributed by atoms with Gasteiger partial charge >= 0.3 is 0 Å². The van der Waals surface area contributed by atoms with E-state index in [2.05, 4.69) is 5.10 Å². The molecule has 2 rings (SSSR count). The van der Waals surface area contributed by atoms with Crippen LogP contribution in [0.4, 0.5) is 0 Å². The van der Waals surface area contributed by atoms with E-state index in [1.165, 1.54) is 0 Å². The summed E-state index contributed by atoms with van der Waals surface area (Å²) in [4.78, 5) is 0. The predicted octanol–water partition coefficient (Wildman–Crippen LogP) is 1.86. The molecule has 1 heterocycles. The molecular weight excluding hydrogens is 254 g/mol. The molecular formula is C15H21N3O2. The molecule has 0 spiro atoms. The molecule has 108 valence electrons. The number of ether oxygens (including phenoxy) is 2. The van der Waals surface area contributed by atoms with E-state index in [0.29, 0.717) is 13.2 Å². The fourth-order valence-electron chi connectivity index (χ4n) is 2.07. The average Bonchev–Trinajstić information content (AvgIpc) is 2.92. The van der Waals surface area contributed by atoms with Crippen molar-refractivity contribution in [3.63, 3.8) is 0 Å². The van der Waals surface area contributed by atoms with E-state index >= 15 is 0 Å². The second-order valence-electron chi connectivity index (χ2n) is 4.75. The molecule has 0 aliphatic heterocycles. The first-order valence-corrected chi connectivity index (χ1v) is 6.72. The normalized spacial score (nSPS) is 12.2. The minimum atomic E-state index is 0.0792. The number of hydrogen-bond donors (Lipinski definition) is 1. The van der Waals surface area contributed by atoms with Crippen LogP contribution < -0.4 is 15.2 Å². The second kappa shape index (κ2) is 6.96. The van der Waals surface area contributed by atoms with Gasteiger partial charge in [0.1, 0.15) is 6.61 Å². The zero-order valence-corrected chi connectivity index (χ0v) is 12.0. The Balaban J connectivity index is 2.07. The Kier molecular flexibility index (Phi) is 5.01. The topological polar surface area (TPSA) is 62.3 Å². The SMILES string of the molecule is COc1cccc(CC(C)N)c1OCCn1cccn1. The van der Waals surface area contributed by atoms with Crippen molar-refractivity contribution in [3.05, 3.63) is 42.2 Å². The molecule has 0 fully saturated rings. The smallest absolute Gasteiger partial charge is 0.164 e. The quantitative estimate of drug-likeness (QED) is 0.838. The predicted molar refractivity (Wildman–Crippen MR) is 78.1 cm³/mol. The highest BCUT2D eigenvalue weighted by atomic mass is 16.5. The summed E-state index contributed by atoms with van der Waals surface area (Å²) in [6.45, 7) is 3.21. The van der Waals surface area contributed by atoms with E-state index in [-0.39, 0.29) is 6.04 Å². The third-order valence-corrected chi connectivity index (χ3v) is 2.95. The summed E-state index contributed by atoms with van der Waals surface area (Å²) in [6, 6.07) is 7.85. The number of methoxy groups -OCH3 is 1. The first-order chi connectivity index (χ1) is 9.70. The third-order valence-electron chi connectivity index (χ3n) is 2.95. The number of para-hydroxylation sites is 1. The molecule has 0 radical (unpaired) electrons. The Morgan fingerprint density at radius 2 is 2.20 bits per heavy atom. The van der Waals surface area contributed by atoms with Crippen molar-refractivity contribution >= 4 is 0 Å². The van der Waals surface area contributed by atoms with Gasteiger partial charge in [-0.15, -0.1) is 0 Å². The van der Waals surface area contributed by atoms with Gasteiger partial charge < -0.3 is 15.2 Å². The molecule has 20 heavy (non-hydrogen) atoms. The third kappa shape index (κ3) is 3.74. The van der Waals surface area contributed by atoms with Crippen molar-refractivity contribution in [3.8, 4) is 11.5 Å². The summed E-state index contributed by atoms with van der Waals surface area (Å²) < 4.78 is 13.1. The van der Waals surface area contributed by atoms with Gasteiger partial charge in [0.25, 0.3) is 0 Å². The lowest BCUT2D eigenvalue weighted by molar-refractivity contribution is 0.271. The molecule has 1 atom stereocenters. The van der Waals surface area contributed by atoms with Gasteiger partial charge in [-0.2, -0.15) is 5.10 Å². The summed E-state index contributed by atoms with van der Waals surface area (Å²) >= 11 is 0. The number of rotatable bonds is 7. The highest BCUT2D eigenvalue weighted by molar-refractivity contribution is 5.47. The first kappa shape index (κ1) is 14.4. The molecule has 0 saturated heterocycles. The van der Waals surface area contributed by atoms with Crippen LogP contribution in [0.1, 0.15) is 12.5 Å². The number of benzene rings is 1. The molecule has 2 aromatic rings. The Morgan fingerprint density at radius 3 is 2.85 bits per heavy atom. The van der Waals surface area contributed by atoms with Gasteiger partial charge in [-0.3, -0.25) is 4.68 Å². The van der Waals surface area contributed by atoms with Crippen LogP contribution in [0.15, 0.2) is 36.7 Å². The molecule has 0 aliphatic rings. The molecule has 1 aromatic heterocycles. The van der Waals surface area contributed by atoms with Crippen molar-refractivity contribution in [2.24, 2.45) is 5.73 Å². The van der Waals surface area contributed by atoms with E-state index in [1.54, 1.807) is 13.3 Å². The van der Waals surface area contributed by atoms with Crippen molar-refractivity contribution in [1.82, 2.24) is 9.78 Å². The van der Waals surface area contributed by atoms with Crippen LogP contribution in [-0.2, 0) is 13.0 Å². The monoisotopic (exact) mass is 275 g/mol. The van der Waals surface area contributed by atoms with Crippen LogP contribution in [-0.4, -0.2) is 29.5 Å². The maximum absolute atomic E-state index is 5.89. The lowest BCUT2D eigenvalue weighted by Crippen LogP contribution is -2.19. The molecule has 0 saturated carbocycles. The molecule has 1 unspecified atom stereocenters. The van der Waals surface area contributed by atoms with E-state index in [9.17, 15) is 0 Å². The van der Waals surface area contributed by atoms with Crippen LogP contribution in [0, 0.1) is 0 Å². The van der Waals surface area contributed by atoms with Gasteiger partial charge in [0.2, 0.25) is 0 Å². The van der Waals surface area contributed by atoms with Crippen LogP contribution in [0.5, 0.6) is 11.5 Å². The molecule has 0 aliphatic carbocycles. The Morgan fingerprint density at radius 1 is 1.35 bits per heavy atom. The first-order valence-electron chi connectivity index (χ1n) is 6.72. The van der Waals surface area contributed by atoms with Gasteiger partial charge in [-0.05, 0) is 31.0 Å². The highest BCUT2D eigenvalue weighted by Gasteiger charge is 2.12. The fraction of sp³-hybridized carbons (Fsp3) is 0.400. The van der Waals surface area contributed by atoms with Gasteiger partial charge in [-0.1, -0.05) is 12.1 Å². The largest absolute Gasteiger partial charge is 0.493 e. The van der Waals surface area contributed by atoms with Crippen LogP contribution in [0.25, 0.3) is 0 Å².